The molecule has 0 atom stereocenters. The van der Waals surface area contributed by atoms with E-state index in [-0.39, 0.29) is 0 Å². The van der Waals surface area contributed by atoms with E-state index in [0.717, 1.165) is 18.4 Å². The molecule has 0 saturated heterocycles. The second-order valence-electron chi connectivity index (χ2n) is 8.27. The van der Waals surface area contributed by atoms with Crippen LogP contribution in [0.4, 0.5) is 0 Å². The first kappa shape index (κ1) is 32.5. The van der Waals surface area contributed by atoms with Crippen LogP contribution in [0.5, 0.6) is 0 Å². The number of benzene rings is 1. The van der Waals surface area contributed by atoms with Gasteiger partial charge in [0.1, 0.15) is 0 Å². The summed E-state index contributed by atoms with van der Waals surface area (Å²) in [6.45, 7) is 14.9. The van der Waals surface area contributed by atoms with Gasteiger partial charge in [0.15, 0.2) is 0 Å². The van der Waals surface area contributed by atoms with Gasteiger partial charge in [0.25, 0.3) is 0 Å². The molecule has 2 aliphatic carbocycles. The molecule has 0 aliphatic heterocycles. The van der Waals surface area contributed by atoms with Crippen molar-refractivity contribution in [2.24, 2.45) is 4.99 Å². The first-order valence-corrected chi connectivity index (χ1v) is 14.1. The van der Waals surface area contributed by atoms with Crippen molar-refractivity contribution in [2.45, 2.75) is 53.4 Å². The Morgan fingerprint density at radius 3 is 2.34 bits per heavy atom. The summed E-state index contributed by atoms with van der Waals surface area (Å²) in [6, 6.07) is 10.5. The predicted octanol–water partition coefficient (Wildman–Crippen LogP) is 8.76. The van der Waals surface area contributed by atoms with E-state index in [1.54, 1.807) is 13.3 Å². The van der Waals surface area contributed by atoms with Crippen LogP contribution in [-0.2, 0) is 6.42 Å². The Bertz CT molecular complexity index is 1300. The summed E-state index contributed by atoms with van der Waals surface area (Å²) >= 11 is 1.87. The molecule has 0 amide bonds. The first-order chi connectivity index (χ1) is 18.6. The lowest BCUT2D eigenvalue weighted by Gasteiger charge is -2.05. The molecule has 4 rings (SSSR count). The van der Waals surface area contributed by atoms with E-state index in [1.165, 1.54) is 49.7 Å². The number of nitrogens with one attached hydrogen (secondary N) is 1. The normalized spacial score (nSPS) is 15.1. The molecule has 1 aromatic heterocycles. The third kappa shape index (κ3) is 10.4. The van der Waals surface area contributed by atoms with Crippen molar-refractivity contribution < 1.29 is 0 Å². The molecule has 3 heteroatoms. The summed E-state index contributed by atoms with van der Waals surface area (Å²) in [5.74, 6) is 0. The van der Waals surface area contributed by atoms with E-state index < -0.39 is 0 Å². The highest BCUT2D eigenvalue weighted by Crippen LogP contribution is 2.21. The fraction of sp³-hybridized carbons (Fsp3) is 0.257. The second-order valence-corrected chi connectivity index (χ2v) is 9.35. The van der Waals surface area contributed by atoms with Crippen LogP contribution in [-0.4, -0.2) is 20.0 Å². The second kappa shape index (κ2) is 19.5. The maximum absolute atomic E-state index is 5.50. The van der Waals surface area contributed by atoms with Gasteiger partial charge in [0.05, 0.1) is 0 Å². The van der Waals surface area contributed by atoms with Crippen molar-refractivity contribution in [1.29, 1.82) is 5.41 Å². The standard InChI is InChI=1S/C20H23NS.C12H12.C2H6.CH3N/c1-5-19-18(17-11-6-7-12-20(17)22-19)14-16(3)15(2)10-8-9-13-21-4;1-3-7-11(8-4-1)12-9-5-2-6-10-12;2*1-2/h5,7-10,12-14H,3,6,11H2,1-2,4H3;1,3-5,7-10H,2,6H2;1-2H3;2H,1H2/b9-8-,15-10+,18-14-,19-5?,21-13?;;;. The average Bonchev–Trinajstić information content (AvgIpc) is 3.36. The van der Waals surface area contributed by atoms with E-state index in [2.05, 4.69) is 111 Å². The zero-order valence-electron chi connectivity index (χ0n) is 23.8. The monoisotopic (exact) mass is 524 g/mol. The number of thiophene rings is 1. The third-order valence-corrected chi connectivity index (χ3v) is 7.10. The minimum Gasteiger partial charge on any atom is -0.317 e. The predicted molar refractivity (Wildman–Crippen MR) is 176 cm³/mol. The minimum absolute atomic E-state index is 1.07. The Morgan fingerprint density at radius 2 is 1.71 bits per heavy atom. The number of hydrogen-bond donors (Lipinski definition) is 1. The zero-order chi connectivity index (χ0) is 28.2. The molecule has 1 heterocycles. The summed E-state index contributed by atoms with van der Waals surface area (Å²) < 4.78 is 1.35. The fourth-order valence-electron chi connectivity index (χ4n) is 3.89. The Hall–Kier alpha value is -3.56. The topological polar surface area (TPSA) is 36.2 Å². The van der Waals surface area contributed by atoms with Gasteiger partial charge >= 0.3 is 0 Å². The molecule has 0 saturated carbocycles. The van der Waals surface area contributed by atoms with Gasteiger partial charge in [0.2, 0.25) is 0 Å². The lowest BCUT2D eigenvalue weighted by Crippen LogP contribution is -2.22. The van der Waals surface area contributed by atoms with Crippen molar-refractivity contribution in [3.8, 4) is 0 Å². The maximum atomic E-state index is 5.50. The molecule has 38 heavy (non-hydrogen) atoms. The van der Waals surface area contributed by atoms with E-state index >= 15 is 0 Å². The SMILES string of the molecule is C1=CC(c2ccccc2)=CCC1.C=C(/C=c1/c2c(sc1=CC)C=CCC2)/C(C)=C/C=C\C=NC.C=N.CC. The number of rotatable bonds is 5. The molecule has 0 bridgehead atoms. The molecule has 200 valence electrons. The fourth-order valence-corrected chi connectivity index (χ4v) is 5.03. The molecule has 0 spiro atoms. The smallest absolute Gasteiger partial charge is 0.0311 e. The van der Waals surface area contributed by atoms with Crippen molar-refractivity contribution in [2.75, 3.05) is 7.05 Å². The zero-order valence-corrected chi connectivity index (χ0v) is 24.7. The van der Waals surface area contributed by atoms with Gasteiger partial charge in [-0.25, -0.2) is 0 Å². The van der Waals surface area contributed by atoms with E-state index in [0.29, 0.717) is 0 Å². The van der Waals surface area contributed by atoms with Crippen LogP contribution in [0.3, 0.4) is 0 Å². The quantitative estimate of drug-likeness (QED) is 0.300. The molecular formula is C35H44N2S. The summed E-state index contributed by atoms with van der Waals surface area (Å²) in [5, 5.41) is 6.85. The Kier molecular flexibility index (Phi) is 16.7. The van der Waals surface area contributed by atoms with Crippen molar-refractivity contribution in [3.63, 3.8) is 0 Å². The molecule has 1 aromatic carbocycles. The number of fused-ring (bicyclic) bond motifs is 1. The Morgan fingerprint density at radius 1 is 1.00 bits per heavy atom. The minimum atomic E-state index is 1.07. The Balaban J connectivity index is 0.000000379. The average molecular weight is 525 g/mol. The lowest BCUT2D eigenvalue weighted by atomic mass is 10.00. The van der Waals surface area contributed by atoms with Gasteiger partial charge in [-0.3, -0.25) is 4.99 Å². The highest BCUT2D eigenvalue weighted by molar-refractivity contribution is 7.11. The molecule has 0 fully saturated rings. The van der Waals surface area contributed by atoms with Gasteiger partial charge in [0, 0.05) is 22.7 Å². The highest BCUT2D eigenvalue weighted by atomic mass is 32.1. The molecule has 2 nitrogen and oxygen atoms in total. The third-order valence-electron chi connectivity index (χ3n) is 5.82. The van der Waals surface area contributed by atoms with Gasteiger partial charge < -0.3 is 5.41 Å². The molecular weight excluding hydrogens is 480 g/mol. The van der Waals surface area contributed by atoms with E-state index in [1.807, 2.05) is 37.3 Å². The van der Waals surface area contributed by atoms with Crippen LogP contribution in [0, 0.1) is 5.41 Å². The lowest BCUT2D eigenvalue weighted by molar-refractivity contribution is 0.986. The summed E-state index contributed by atoms with van der Waals surface area (Å²) in [4.78, 5) is 5.33. The summed E-state index contributed by atoms with van der Waals surface area (Å²) in [6.07, 6.45) is 28.1. The van der Waals surface area contributed by atoms with Gasteiger partial charge in [-0.05, 0) is 97.5 Å². The van der Waals surface area contributed by atoms with E-state index in [4.69, 9.17) is 5.41 Å². The molecule has 1 N–H and O–H groups in total. The Labute approximate surface area is 234 Å². The van der Waals surface area contributed by atoms with Crippen LogP contribution in [0.1, 0.15) is 63.0 Å². The van der Waals surface area contributed by atoms with Crippen molar-refractivity contribution in [1.82, 2.24) is 0 Å². The largest absolute Gasteiger partial charge is 0.317 e. The molecule has 0 radical (unpaired) electrons. The molecule has 2 aliphatic rings. The number of hydrogen-bond acceptors (Lipinski definition) is 3. The summed E-state index contributed by atoms with van der Waals surface area (Å²) in [7, 11) is 1.77. The van der Waals surface area contributed by atoms with Crippen LogP contribution in [0.25, 0.3) is 23.8 Å². The molecule has 0 unspecified atom stereocenters. The van der Waals surface area contributed by atoms with Gasteiger partial charge in [-0.1, -0.05) is 93.3 Å². The van der Waals surface area contributed by atoms with Crippen LogP contribution < -0.4 is 9.75 Å². The molecule has 2 aromatic rings. The highest BCUT2D eigenvalue weighted by Gasteiger charge is 2.10. The van der Waals surface area contributed by atoms with Crippen LogP contribution in [0.2, 0.25) is 0 Å². The maximum Gasteiger partial charge on any atom is 0.0311 e. The van der Waals surface area contributed by atoms with Crippen LogP contribution in [0.15, 0.2) is 95.6 Å². The van der Waals surface area contributed by atoms with Crippen LogP contribution >= 0.6 is 11.3 Å². The van der Waals surface area contributed by atoms with Crippen molar-refractivity contribution >= 4 is 48.1 Å². The summed E-state index contributed by atoms with van der Waals surface area (Å²) in [5.41, 5.74) is 6.41. The van der Waals surface area contributed by atoms with Crippen molar-refractivity contribution in [3.05, 3.63) is 116 Å². The van der Waals surface area contributed by atoms with Gasteiger partial charge in [-0.2, -0.15) is 0 Å². The first-order valence-electron chi connectivity index (χ1n) is 13.3. The van der Waals surface area contributed by atoms with Gasteiger partial charge in [-0.15, -0.1) is 11.3 Å². The number of aliphatic imine (C=N–C) groups is 1. The number of nitrogens with zero attached hydrogens (tertiary/aromatic N) is 1. The van der Waals surface area contributed by atoms with E-state index in [9.17, 15) is 0 Å². The number of allylic oxidation sites excluding steroid dienone is 10.